The summed E-state index contributed by atoms with van der Waals surface area (Å²) in [5.74, 6) is 0.903. The summed E-state index contributed by atoms with van der Waals surface area (Å²) in [6, 6.07) is 0. The summed E-state index contributed by atoms with van der Waals surface area (Å²) < 4.78 is 0. The van der Waals surface area contributed by atoms with Gasteiger partial charge >= 0.3 is 0 Å². The predicted octanol–water partition coefficient (Wildman–Crippen LogP) is 7.31. The molecule has 0 aliphatic carbocycles. The van der Waals surface area contributed by atoms with Gasteiger partial charge in [-0.3, -0.25) is 0 Å². The van der Waals surface area contributed by atoms with E-state index in [2.05, 4.69) is 32.9 Å². The zero-order valence-electron chi connectivity index (χ0n) is 14.0. The Kier molecular flexibility index (Phi) is 16.6. The highest BCUT2D eigenvalue weighted by Gasteiger charge is 2.03. The van der Waals surface area contributed by atoms with Gasteiger partial charge in [-0.25, -0.2) is 0 Å². The monoisotopic (exact) mass is 278 g/mol. The van der Waals surface area contributed by atoms with E-state index < -0.39 is 0 Å². The zero-order valence-corrected chi connectivity index (χ0v) is 14.0. The minimum absolute atomic E-state index is 0.903. The SMILES string of the molecule is [CH2]CC=CCC(CC)CCCCCCCCCCC[CH2]. The summed E-state index contributed by atoms with van der Waals surface area (Å²) in [5, 5.41) is 0. The van der Waals surface area contributed by atoms with Crippen LogP contribution < -0.4 is 0 Å². The fraction of sp³-hybridized carbons (Fsp3) is 0.800. The van der Waals surface area contributed by atoms with Crippen molar-refractivity contribution < 1.29 is 0 Å². The Bertz CT molecular complexity index is 192. The highest BCUT2D eigenvalue weighted by Crippen LogP contribution is 2.19. The predicted molar refractivity (Wildman–Crippen MR) is 93.7 cm³/mol. The molecule has 0 saturated heterocycles. The standard InChI is InChI=1S/C20H38/c1-4-7-9-10-11-12-13-14-15-17-19-20(6-3)18-16-8-5-2/h8,16,20H,1-2,4-7,9-15,17-19H2,3H3. The molecule has 0 saturated carbocycles. The molecule has 0 rings (SSSR count). The lowest BCUT2D eigenvalue weighted by molar-refractivity contribution is 0.441. The van der Waals surface area contributed by atoms with Crippen LogP contribution in [0.3, 0.4) is 0 Å². The van der Waals surface area contributed by atoms with E-state index in [4.69, 9.17) is 0 Å². The summed E-state index contributed by atoms with van der Waals surface area (Å²) in [7, 11) is 0. The molecule has 0 heteroatoms. The van der Waals surface area contributed by atoms with Crippen LogP contribution in [0.15, 0.2) is 12.2 Å². The van der Waals surface area contributed by atoms with Crippen LogP contribution in [-0.4, -0.2) is 0 Å². The molecule has 1 unspecified atom stereocenters. The van der Waals surface area contributed by atoms with Crippen molar-refractivity contribution in [3.8, 4) is 0 Å². The van der Waals surface area contributed by atoms with Crippen molar-refractivity contribution >= 4 is 0 Å². The van der Waals surface area contributed by atoms with Crippen molar-refractivity contribution in [2.75, 3.05) is 0 Å². The molecule has 0 aromatic rings. The van der Waals surface area contributed by atoms with Gasteiger partial charge < -0.3 is 0 Å². The highest BCUT2D eigenvalue weighted by molar-refractivity contribution is 4.84. The number of allylic oxidation sites excluding steroid dienone is 2. The number of hydrogen-bond donors (Lipinski definition) is 0. The Morgan fingerprint density at radius 2 is 1.30 bits per heavy atom. The molecule has 0 aromatic carbocycles. The van der Waals surface area contributed by atoms with E-state index in [9.17, 15) is 0 Å². The molecule has 118 valence electrons. The molecule has 1 atom stereocenters. The van der Waals surface area contributed by atoms with Crippen molar-refractivity contribution in [3.05, 3.63) is 26.0 Å². The normalized spacial score (nSPS) is 13.2. The van der Waals surface area contributed by atoms with E-state index >= 15 is 0 Å². The third kappa shape index (κ3) is 14.2. The van der Waals surface area contributed by atoms with E-state index in [0.29, 0.717) is 0 Å². The minimum atomic E-state index is 0.903. The molecule has 0 aromatic heterocycles. The fourth-order valence-electron chi connectivity index (χ4n) is 2.74. The van der Waals surface area contributed by atoms with Gasteiger partial charge in [-0.2, -0.15) is 0 Å². The minimum Gasteiger partial charge on any atom is -0.0885 e. The van der Waals surface area contributed by atoms with Crippen molar-refractivity contribution in [1.29, 1.82) is 0 Å². The van der Waals surface area contributed by atoms with Crippen LogP contribution in [0.25, 0.3) is 0 Å². The molecule has 0 nitrogen and oxygen atoms in total. The summed E-state index contributed by atoms with van der Waals surface area (Å²) in [4.78, 5) is 0. The molecule has 0 spiro atoms. The first-order chi connectivity index (χ1) is 9.85. The smallest absolute Gasteiger partial charge is 0.0322 e. The molecule has 0 aliphatic heterocycles. The number of rotatable bonds is 15. The van der Waals surface area contributed by atoms with Gasteiger partial charge in [0, 0.05) is 0 Å². The molecular formula is C20H38. The maximum atomic E-state index is 3.89. The van der Waals surface area contributed by atoms with E-state index in [1.807, 2.05) is 0 Å². The second-order valence-electron chi connectivity index (χ2n) is 6.09. The average molecular weight is 279 g/mol. The van der Waals surface area contributed by atoms with Gasteiger partial charge in [0.1, 0.15) is 0 Å². The molecule has 20 heavy (non-hydrogen) atoms. The molecule has 0 fully saturated rings. The van der Waals surface area contributed by atoms with Crippen molar-refractivity contribution in [2.45, 2.75) is 96.8 Å². The van der Waals surface area contributed by atoms with E-state index in [1.54, 1.807) is 0 Å². The van der Waals surface area contributed by atoms with E-state index in [-0.39, 0.29) is 0 Å². The van der Waals surface area contributed by atoms with Crippen LogP contribution >= 0.6 is 0 Å². The van der Waals surface area contributed by atoms with E-state index in [1.165, 1.54) is 77.0 Å². The van der Waals surface area contributed by atoms with Gasteiger partial charge in [0.25, 0.3) is 0 Å². The lowest BCUT2D eigenvalue weighted by atomic mass is 9.94. The molecule has 0 amide bonds. The van der Waals surface area contributed by atoms with E-state index in [0.717, 1.165) is 18.8 Å². The third-order valence-electron chi connectivity index (χ3n) is 4.24. The van der Waals surface area contributed by atoms with Gasteiger partial charge in [0.2, 0.25) is 0 Å². The molecule has 0 aliphatic rings. The molecule has 2 radical (unpaired) electrons. The first-order valence-electron chi connectivity index (χ1n) is 9.08. The first kappa shape index (κ1) is 19.7. The van der Waals surface area contributed by atoms with Gasteiger partial charge in [0.05, 0.1) is 0 Å². The number of hydrogen-bond acceptors (Lipinski definition) is 0. The van der Waals surface area contributed by atoms with Crippen molar-refractivity contribution in [2.24, 2.45) is 5.92 Å². The van der Waals surface area contributed by atoms with Crippen molar-refractivity contribution in [1.82, 2.24) is 0 Å². The Labute approximate surface area is 129 Å². The summed E-state index contributed by atoms with van der Waals surface area (Å²) >= 11 is 0. The van der Waals surface area contributed by atoms with Crippen LogP contribution in [0.1, 0.15) is 96.8 Å². The highest BCUT2D eigenvalue weighted by atomic mass is 14.1. The number of unbranched alkanes of at least 4 members (excludes halogenated alkanes) is 9. The Morgan fingerprint density at radius 1 is 0.750 bits per heavy atom. The third-order valence-corrected chi connectivity index (χ3v) is 4.24. The van der Waals surface area contributed by atoms with Gasteiger partial charge in [-0.1, -0.05) is 103 Å². The van der Waals surface area contributed by atoms with Crippen LogP contribution in [0, 0.1) is 19.8 Å². The van der Waals surface area contributed by atoms with Crippen LogP contribution in [0.4, 0.5) is 0 Å². The second kappa shape index (κ2) is 16.8. The molecule has 0 N–H and O–H groups in total. The Morgan fingerprint density at radius 3 is 1.80 bits per heavy atom. The Balaban J connectivity index is 3.26. The lowest BCUT2D eigenvalue weighted by Crippen LogP contribution is -1.97. The van der Waals surface area contributed by atoms with Gasteiger partial charge in [0.15, 0.2) is 0 Å². The maximum Gasteiger partial charge on any atom is -0.0322 e. The molecular weight excluding hydrogens is 240 g/mol. The quantitative estimate of drug-likeness (QED) is 0.217. The van der Waals surface area contributed by atoms with Crippen molar-refractivity contribution in [3.63, 3.8) is 0 Å². The average Bonchev–Trinajstić information content (AvgIpc) is 2.47. The van der Waals surface area contributed by atoms with Crippen LogP contribution in [0.5, 0.6) is 0 Å². The fourth-order valence-corrected chi connectivity index (χ4v) is 2.74. The lowest BCUT2D eigenvalue weighted by Gasteiger charge is -2.12. The summed E-state index contributed by atoms with van der Waals surface area (Å²) in [6.45, 7) is 10.1. The largest absolute Gasteiger partial charge is 0.0885 e. The molecule has 0 heterocycles. The topological polar surface area (TPSA) is 0 Å². The first-order valence-corrected chi connectivity index (χ1v) is 9.08. The van der Waals surface area contributed by atoms with Gasteiger partial charge in [-0.15, -0.1) is 0 Å². The van der Waals surface area contributed by atoms with Gasteiger partial charge in [-0.05, 0) is 25.7 Å². The zero-order chi connectivity index (χ0) is 14.9. The maximum absolute atomic E-state index is 3.89. The summed E-state index contributed by atoms with van der Waals surface area (Å²) in [6.07, 6.45) is 23.4. The van der Waals surface area contributed by atoms with Crippen LogP contribution in [0.2, 0.25) is 0 Å². The second-order valence-corrected chi connectivity index (χ2v) is 6.09. The van der Waals surface area contributed by atoms with Crippen LogP contribution in [-0.2, 0) is 0 Å². The Hall–Kier alpha value is -0.260. The summed E-state index contributed by atoms with van der Waals surface area (Å²) in [5.41, 5.74) is 0. The molecule has 0 bridgehead atoms.